The van der Waals surface area contributed by atoms with Gasteiger partial charge < -0.3 is 15.1 Å². The van der Waals surface area contributed by atoms with Crippen LogP contribution in [0.15, 0.2) is 18.2 Å². The summed E-state index contributed by atoms with van der Waals surface area (Å²) in [6.07, 6.45) is 0. The lowest BCUT2D eigenvalue weighted by Gasteiger charge is -2.36. The molecule has 1 aromatic carbocycles. The molecule has 0 saturated carbocycles. The molecule has 0 unspecified atom stereocenters. The van der Waals surface area contributed by atoms with Crippen molar-refractivity contribution >= 4 is 11.6 Å². The van der Waals surface area contributed by atoms with E-state index in [-0.39, 0.29) is 5.91 Å². The van der Waals surface area contributed by atoms with E-state index in [2.05, 4.69) is 35.3 Å². The highest BCUT2D eigenvalue weighted by Gasteiger charge is 2.19. The lowest BCUT2D eigenvalue weighted by molar-refractivity contribution is -0.129. The van der Waals surface area contributed by atoms with Gasteiger partial charge in [-0.25, -0.2) is 0 Å². The zero-order valence-electron chi connectivity index (χ0n) is 12.1. The molecule has 2 rings (SSSR count). The summed E-state index contributed by atoms with van der Waals surface area (Å²) in [6, 6.07) is 6.62. The van der Waals surface area contributed by atoms with Crippen molar-refractivity contribution in [3.05, 3.63) is 29.3 Å². The number of benzene rings is 1. The lowest BCUT2D eigenvalue weighted by atomic mass is 10.1. The number of aryl methyl sites for hydroxylation is 1. The Labute approximate surface area is 115 Å². The maximum atomic E-state index is 11.3. The van der Waals surface area contributed by atoms with Crippen molar-refractivity contribution in [1.82, 2.24) is 10.2 Å². The Morgan fingerprint density at radius 1 is 1.26 bits per heavy atom. The first-order chi connectivity index (χ1) is 9.11. The Kier molecular flexibility index (Phi) is 4.43. The molecule has 0 spiro atoms. The molecule has 0 aromatic heterocycles. The van der Waals surface area contributed by atoms with Gasteiger partial charge in [0.15, 0.2) is 0 Å². The fourth-order valence-corrected chi connectivity index (χ4v) is 2.65. The number of nitrogens with one attached hydrogen (secondary N) is 1. The summed E-state index contributed by atoms with van der Waals surface area (Å²) in [5, 5.41) is 3.17. The SMILES string of the molecule is CNCc1ccc(N2CCN(C(C)=O)CC2)c(C)c1. The lowest BCUT2D eigenvalue weighted by Crippen LogP contribution is -2.48. The van der Waals surface area contributed by atoms with Crippen LogP contribution in [-0.2, 0) is 11.3 Å². The molecule has 1 N–H and O–H groups in total. The Bertz CT molecular complexity index is 451. The van der Waals surface area contributed by atoms with Crippen LogP contribution in [0.25, 0.3) is 0 Å². The third kappa shape index (κ3) is 3.26. The summed E-state index contributed by atoms with van der Waals surface area (Å²) >= 11 is 0. The zero-order valence-corrected chi connectivity index (χ0v) is 12.1. The third-order valence-electron chi connectivity index (χ3n) is 3.71. The number of carbonyl (C=O) groups excluding carboxylic acids is 1. The molecule has 1 aliphatic rings. The average molecular weight is 261 g/mol. The molecule has 104 valence electrons. The van der Waals surface area contributed by atoms with E-state index in [1.165, 1.54) is 16.8 Å². The Morgan fingerprint density at radius 2 is 1.95 bits per heavy atom. The largest absolute Gasteiger partial charge is 0.368 e. The van der Waals surface area contributed by atoms with Crippen LogP contribution in [0, 0.1) is 6.92 Å². The maximum absolute atomic E-state index is 11.3. The molecule has 1 saturated heterocycles. The van der Waals surface area contributed by atoms with E-state index in [9.17, 15) is 4.79 Å². The number of piperazine rings is 1. The molecule has 4 nitrogen and oxygen atoms in total. The molecule has 1 amide bonds. The summed E-state index contributed by atoms with van der Waals surface area (Å²) in [5.41, 5.74) is 3.92. The molecular weight excluding hydrogens is 238 g/mol. The fraction of sp³-hybridized carbons (Fsp3) is 0.533. The number of nitrogens with zero attached hydrogens (tertiary/aromatic N) is 2. The molecule has 1 heterocycles. The van der Waals surface area contributed by atoms with Gasteiger partial charge >= 0.3 is 0 Å². The van der Waals surface area contributed by atoms with Crippen LogP contribution in [0.4, 0.5) is 5.69 Å². The number of hydrogen-bond acceptors (Lipinski definition) is 3. The first kappa shape index (κ1) is 13.9. The van der Waals surface area contributed by atoms with Crippen LogP contribution in [0.1, 0.15) is 18.1 Å². The molecular formula is C15H23N3O. The summed E-state index contributed by atoms with van der Waals surface area (Å²) in [5.74, 6) is 0.181. The molecule has 0 radical (unpaired) electrons. The number of hydrogen-bond donors (Lipinski definition) is 1. The van der Waals surface area contributed by atoms with Crippen LogP contribution in [-0.4, -0.2) is 44.0 Å². The molecule has 0 bridgehead atoms. The van der Waals surface area contributed by atoms with Gasteiger partial charge in [-0.05, 0) is 31.2 Å². The summed E-state index contributed by atoms with van der Waals surface area (Å²) in [7, 11) is 1.96. The second-order valence-electron chi connectivity index (χ2n) is 5.14. The molecule has 1 aliphatic heterocycles. The Hall–Kier alpha value is -1.55. The zero-order chi connectivity index (χ0) is 13.8. The Morgan fingerprint density at radius 3 is 2.47 bits per heavy atom. The van der Waals surface area contributed by atoms with Crippen LogP contribution in [0.2, 0.25) is 0 Å². The van der Waals surface area contributed by atoms with Gasteiger partial charge in [0, 0.05) is 45.3 Å². The minimum absolute atomic E-state index is 0.181. The van der Waals surface area contributed by atoms with Gasteiger partial charge in [0.2, 0.25) is 5.91 Å². The smallest absolute Gasteiger partial charge is 0.219 e. The third-order valence-corrected chi connectivity index (χ3v) is 3.71. The fourth-order valence-electron chi connectivity index (χ4n) is 2.65. The predicted molar refractivity (Wildman–Crippen MR) is 78.4 cm³/mol. The van der Waals surface area contributed by atoms with Gasteiger partial charge in [-0.2, -0.15) is 0 Å². The van der Waals surface area contributed by atoms with Crippen LogP contribution >= 0.6 is 0 Å². The van der Waals surface area contributed by atoms with Gasteiger partial charge in [0.25, 0.3) is 0 Å². The van der Waals surface area contributed by atoms with Crippen molar-refractivity contribution in [2.75, 3.05) is 38.1 Å². The van der Waals surface area contributed by atoms with E-state index < -0.39 is 0 Å². The van der Waals surface area contributed by atoms with Gasteiger partial charge in [-0.15, -0.1) is 0 Å². The van der Waals surface area contributed by atoms with E-state index >= 15 is 0 Å². The van der Waals surface area contributed by atoms with Gasteiger partial charge in [-0.3, -0.25) is 4.79 Å². The topological polar surface area (TPSA) is 35.6 Å². The van der Waals surface area contributed by atoms with Crippen LogP contribution in [0.5, 0.6) is 0 Å². The average Bonchev–Trinajstić information content (AvgIpc) is 2.39. The van der Waals surface area contributed by atoms with E-state index in [0.717, 1.165) is 32.7 Å². The van der Waals surface area contributed by atoms with Gasteiger partial charge in [-0.1, -0.05) is 12.1 Å². The van der Waals surface area contributed by atoms with Crippen LogP contribution in [0.3, 0.4) is 0 Å². The van der Waals surface area contributed by atoms with Crippen molar-refractivity contribution in [3.8, 4) is 0 Å². The number of amides is 1. The monoisotopic (exact) mass is 261 g/mol. The van der Waals surface area contributed by atoms with E-state index in [1.54, 1.807) is 6.92 Å². The second kappa shape index (κ2) is 6.06. The minimum Gasteiger partial charge on any atom is -0.368 e. The molecule has 19 heavy (non-hydrogen) atoms. The molecule has 0 atom stereocenters. The highest BCUT2D eigenvalue weighted by Crippen LogP contribution is 2.22. The highest BCUT2D eigenvalue weighted by molar-refractivity contribution is 5.73. The standard InChI is InChI=1S/C15H23N3O/c1-12-10-14(11-16-3)4-5-15(12)18-8-6-17(7-9-18)13(2)19/h4-5,10,16H,6-9,11H2,1-3H3. The minimum atomic E-state index is 0.181. The van der Waals surface area contributed by atoms with Crippen molar-refractivity contribution < 1.29 is 4.79 Å². The summed E-state index contributed by atoms with van der Waals surface area (Å²) in [4.78, 5) is 15.6. The number of rotatable bonds is 3. The van der Waals surface area contributed by atoms with Crippen molar-refractivity contribution in [3.63, 3.8) is 0 Å². The second-order valence-corrected chi connectivity index (χ2v) is 5.14. The summed E-state index contributed by atoms with van der Waals surface area (Å²) in [6.45, 7) is 8.20. The van der Waals surface area contributed by atoms with Crippen molar-refractivity contribution in [2.45, 2.75) is 20.4 Å². The number of anilines is 1. The molecule has 1 fully saturated rings. The van der Waals surface area contributed by atoms with Gasteiger partial charge in [0.1, 0.15) is 0 Å². The highest BCUT2D eigenvalue weighted by atomic mass is 16.2. The molecule has 0 aliphatic carbocycles. The first-order valence-corrected chi connectivity index (χ1v) is 6.86. The van der Waals surface area contributed by atoms with Crippen LogP contribution < -0.4 is 10.2 Å². The Balaban J connectivity index is 2.05. The van der Waals surface area contributed by atoms with Crippen molar-refractivity contribution in [2.24, 2.45) is 0 Å². The normalized spacial score (nSPS) is 15.7. The molecule has 1 aromatic rings. The number of carbonyl (C=O) groups is 1. The predicted octanol–water partition coefficient (Wildman–Crippen LogP) is 1.38. The first-order valence-electron chi connectivity index (χ1n) is 6.86. The van der Waals surface area contributed by atoms with Gasteiger partial charge in [0.05, 0.1) is 0 Å². The van der Waals surface area contributed by atoms with E-state index in [1.807, 2.05) is 11.9 Å². The maximum Gasteiger partial charge on any atom is 0.219 e. The van der Waals surface area contributed by atoms with Crippen molar-refractivity contribution in [1.29, 1.82) is 0 Å². The molecule has 4 heteroatoms. The summed E-state index contributed by atoms with van der Waals surface area (Å²) < 4.78 is 0. The van der Waals surface area contributed by atoms with E-state index in [4.69, 9.17) is 0 Å². The van der Waals surface area contributed by atoms with E-state index in [0.29, 0.717) is 0 Å². The quantitative estimate of drug-likeness (QED) is 0.893.